The summed E-state index contributed by atoms with van der Waals surface area (Å²) in [6.07, 6.45) is 4.19. The molecule has 1 fully saturated rings. The maximum absolute atomic E-state index is 12.3. The summed E-state index contributed by atoms with van der Waals surface area (Å²) in [5, 5.41) is 12.1. The van der Waals surface area contributed by atoms with Crippen LogP contribution in [0.3, 0.4) is 0 Å². The Bertz CT molecular complexity index is 749. The maximum atomic E-state index is 12.3. The number of hydrogen-bond acceptors (Lipinski definition) is 3. The maximum Gasteiger partial charge on any atom is 0.407 e. The number of alkyl carbamates (subject to hydrolysis) is 1. The van der Waals surface area contributed by atoms with Crippen LogP contribution in [0.25, 0.3) is 0 Å². The first-order chi connectivity index (χ1) is 12.6. The van der Waals surface area contributed by atoms with Crippen LogP contribution in [-0.2, 0) is 17.8 Å². The minimum atomic E-state index is -0.935. The van der Waals surface area contributed by atoms with E-state index in [9.17, 15) is 9.59 Å². The molecule has 2 aromatic carbocycles. The van der Waals surface area contributed by atoms with Gasteiger partial charge in [-0.15, -0.1) is 0 Å². The third-order valence-electron chi connectivity index (χ3n) is 4.88. The first kappa shape index (κ1) is 18.0. The van der Waals surface area contributed by atoms with Crippen LogP contribution >= 0.6 is 0 Å². The Kier molecular flexibility index (Phi) is 5.56. The number of nitrogens with one attached hydrogen (secondary N) is 1. The molecule has 0 heterocycles. The number of carbonyl (C=O) groups is 2. The van der Waals surface area contributed by atoms with E-state index in [2.05, 4.69) is 5.32 Å². The number of benzene rings is 2. The lowest BCUT2D eigenvalue weighted by molar-refractivity contribution is 0.0697. The second kappa shape index (κ2) is 8.04. The van der Waals surface area contributed by atoms with Crippen molar-refractivity contribution in [3.05, 3.63) is 71.3 Å². The fraction of sp³-hybridized carbons (Fsp3) is 0.333. The predicted molar refractivity (Wildman–Crippen MR) is 98.1 cm³/mol. The summed E-state index contributed by atoms with van der Waals surface area (Å²) >= 11 is 0. The average Bonchev–Trinajstić information content (AvgIpc) is 3.09. The van der Waals surface area contributed by atoms with E-state index in [1.165, 1.54) is 0 Å². The van der Waals surface area contributed by atoms with Gasteiger partial charge in [-0.2, -0.15) is 0 Å². The van der Waals surface area contributed by atoms with Crippen LogP contribution in [0.4, 0.5) is 4.79 Å². The zero-order valence-electron chi connectivity index (χ0n) is 14.6. The molecular weight excluding hydrogens is 330 g/mol. The zero-order chi connectivity index (χ0) is 18.4. The van der Waals surface area contributed by atoms with E-state index in [-0.39, 0.29) is 17.7 Å². The number of rotatable bonds is 6. The predicted octanol–water partition coefficient (Wildman–Crippen LogP) is 4.17. The molecule has 3 rings (SSSR count). The Morgan fingerprint density at radius 2 is 1.62 bits per heavy atom. The molecule has 0 bridgehead atoms. The second-order valence-electron chi connectivity index (χ2n) is 6.85. The monoisotopic (exact) mass is 353 g/mol. The molecule has 1 saturated carbocycles. The van der Waals surface area contributed by atoms with Crippen molar-refractivity contribution in [2.45, 2.75) is 44.2 Å². The summed E-state index contributed by atoms with van der Waals surface area (Å²) in [5.41, 5.74) is 1.91. The van der Waals surface area contributed by atoms with E-state index in [0.29, 0.717) is 6.42 Å². The van der Waals surface area contributed by atoms with Crippen molar-refractivity contribution in [2.24, 2.45) is 0 Å². The van der Waals surface area contributed by atoms with Gasteiger partial charge in [-0.05, 0) is 42.5 Å². The van der Waals surface area contributed by atoms with Crippen molar-refractivity contribution in [3.63, 3.8) is 0 Å². The number of aromatic carboxylic acids is 1. The number of carbonyl (C=O) groups excluding carboxylic acids is 1. The molecule has 0 unspecified atom stereocenters. The molecule has 136 valence electrons. The van der Waals surface area contributed by atoms with Gasteiger partial charge >= 0.3 is 12.1 Å². The molecule has 0 aliphatic heterocycles. The number of carboxylic acids is 1. The van der Waals surface area contributed by atoms with E-state index in [0.717, 1.165) is 36.8 Å². The van der Waals surface area contributed by atoms with Gasteiger partial charge in [0.25, 0.3) is 0 Å². The van der Waals surface area contributed by atoms with E-state index in [4.69, 9.17) is 9.84 Å². The van der Waals surface area contributed by atoms with Gasteiger partial charge in [0.15, 0.2) is 0 Å². The Hall–Kier alpha value is -2.82. The smallest absolute Gasteiger partial charge is 0.407 e. The van der Waals surface area contributed by atoms with Gasteiger partial charge in [0.05, 0.1) is 5.56 Å². The zero-order valence-corrected chi connectivity index (χ0v) is 14.6. The highest BCUT2D eigenvalue weighted by atomic mass is 16.5. The van der Waals surface area contributed by atoms with Gasteiger partial charge in [0.1, 0.15) is 6.61 Å². The topological polar surface area (TPSA) is 75.6 Å². The molecule has 2 N–H and O–H groups in total. The summed E-state index contributed by atoms with van der Waals surface area (Å²) < 4.78 is 5.38. The minimum absolute atomic E-state index is 0.246. The molecule has 0 atom stereocenters. The molecule has 0 radical (unpaired) electrons. The molecule has 2 aromatic rings. The van der Waals surface area contributed by atoms with Gasteiger partial charge in [0, 0.05) is 5.54 Å². The van der Waals surface area contributed by atoms with E-state index >= 15 is 0 Å². The van der Waals surface area contributed by atoms with Crippen molar-refractivity contribution < 1.29 is 19.4 Å². The minimum Gasteiger partial charge on any atom is -0.478 e. The molecule has 0 spiro atoms. The molecule has 0 aromatic heterocycles. The Labute approximate surface area is 153 Å². The fourth-order valence-corrected chi connectivity index (χ4v) is 3.53. The number of carboxylic acid groups (broad SMARTS) is 1. The molecule has 1 aliphatic carbocycles. The standard InChI is InChI=1S/C21H23NO4/c23-19(24)18-10-8-16(9-11-18)14-21(12-4-5-13-21)22-20(25)26-15-17-6-2-1-3-7-17/h1-3,6-11H,4-5,12-15H2,(H,22,25)(H,23,24). The summed E-state index contributed by atoms with van der Waals surface area (Å²) in [5.74, 6) is -0.935. The normalized spacial score (nSPS) is 15.4. The summed E-state index contributed by atoms with van der Waals surface area (Å²) in [7, 11) is 0. The van der Waals surface area contributed by atoms with Crippen LogP contribution in [0.15, 0.2) is 54.6 Å². The molecule has 5 nitrogen and oxygen atoms in total. The third-order valence-corrected chi connectivity index (χ3v) is 4.88. The van der Waals surface area contributed by atoms with Crippen molar-refractivity contribution in [2.75, 3.05) is 0 Å². The van der Waals surface area contributed by atoms with Gasteiger partial charge in [-0.1, -0.05) is 55.3 Å². The second-order valence-corrected chi connectivity index (χ2v) is 6.85. The van der Waals surface area contributed by atoms with Crippen LogP contribution in [0, 0.1) is 0 Å². The Balaban J connectivity index is 1.62. The highest BCUT2D eigenvalue weighted by Crippen LogP contribution is 2.33. The van der Waals surface area contributed by atoms with Crippen molar-refractivity contribution >= 4 is 12.1 Å². The summed E-state index contributed by atoms with van der Waals surface area (Å²) in [6, 6.07) is 16.4. The van der Waals surface area contributed by atoms with Crippen LogP contribution in [0.1, 0.15) is 47.2 Å². The largest absolute Gasteiger partial charge is 0.478 e. The molecular formula is C21H23NO4. The van der Waals surface area contributed by atoms with E-state index in [1.54, 1.807) is 12.1 Å². The van der Waals surface area contributed by atoms with Crippen molar-refractivity contribution in [3.8, 4) is 0 Å². The van der Waals surface area contributed by atoms with Crippen LogP contribution in [0.2, 0.25) is 0 Å². The number of hydrogen-bond donors (Lipinski definition) is 2. The van der Waals surface area contributed by atoms with Gasteiger partial charge in [0.2, 0.25) is 0 Å². The van der Waals surface area contributed by atoms with Crippen LogP contribution in [-0.4, -0.2) is 22.7 Å². The average molecular weight is 353 g/mol. The Morgan fingerprint density at radius 1 is 0.962 bits per heavy atom. The van der Waals surface area contributed by atoms with E-state index < -0.39 is 12.1 Å². The third kappa shape index (κ3) is 4.63. The number of ether oxygens (including phenoxy) is 1. The SMILES string of the molecule is O=C(NC1(Cc2ccc(C(=O)O)cc2)CCCC1)OCc1ccccc1. The van der Waals surface area contributed by atoms with Gasteiger partial charge in [-0.3, -0.25) is 0 Å². The summed E-state index contributed by atoms with van der Waals surface area (Å²) in [6.45, 7) is 0.246. The highest BCUT2D eigenvalue weighted by Gasteiger charge is 2.36. The molecule has 5 heteroatoms. The molecule has 0 saturated heterocycles. The molecule has 26 heavy (non-hydrogen) atoms. The molecule has 1 amide bonds. The van der Waals surface area contributed by atoms with Crippen molar-refractivity contribution in [1.82, 2.24) is 5.32 Å². The lowest BCUT2D eigenvalue weighted by Gasteiger charge is -2.30. The molecule has 1 aliphatic rings. The lowest BCUT2D eigenvalue weighted by atomic mass is 9.89. The van der Waals surface area contributed by atoms with Crippen LogP contribution < -0.4 is 5.32 Å². The van der Waals surface area contributed by atoms with Gasteiger partial charge < -0.3 is 15.2 Å². The first-order valence-electron chi connectivity index (χ1n) is 8.87. The van der Waals surface area contributed by atoms with E-state index in [1.807, 2.05) is 42.5 Å². The quantitative estimate of drug-likeness (QED) is 0.817. The lowest BCUT2D eigenvalue weighted by Crippen LogP contribution is -2.48. The van der Waals surface area contributed by atoms with Crippen LogP contribution in [0.5, 0.6) is 0 Å². The van der Waals surface area contributed by atoms with Crippen molar-refractivity contribution in [1.29, 1.82) is 0 Å². The highest BCUT2D eigenvalue weighted by molar-refractivity contribution is 5.87. The summed E-state index contributed by atoms with van der Waals surface area (Å²) in [4.78, 5) is 23.3. The first-order valence-corrected chi connectivity index (χ1v) is 8.87. The Morgan fingerprint density at radius 3 is 2.23 bits per heavy atom. The fourth-order valence-electron chi connectivity index (χ4n) is 3.53. The number of amides is 1. The van der Waals surface area contributed by atoms with Gasteiger partial charge in [-0.25, -0.2) is 9.59 Å².